The summed E-state index contributed by atoms with van der Waals surface area (Å²) in [5.74, 6) is -0.888. The van der Waals surface area contributed by atoms with Gasteiger partial charge in [-0.2, -0.15) is 0 Å². The van der Waals surface area contributed by atoms with Gasteiger partial charge in [-0.1, -0.05) is 19.1 Å². The number of rotatable bonds is 0. The van der Waals surface area contributed by atoms with Crippen LogP contribution in [-0.2, 0) is 14.6 Å². The standard InChI is InChI=1S/C11H13NO3S/c1-7-4-3-5-9-10(7)16(14,15)6-8(2)11(13)12-9/h3-5,8H,6H2,1-2H3,(H,12,13). The van der Waals surface area contributed by atoms with Gasteiger partial charge in [0.15, 0.2) is 9.84 Å². The Hall–Kier alpha value is -1.36. The average Bonchev–Trinajstić information content (AvgIpc) is 2.23. The van der Waals surface area contributed by atoms with Crippen LogP contribution in [0.4, 0.5) is 5.69 Å². The Balaban J connectivity index is 2.71. The van der Waals surface area contributed by atoms with Gasteiger partial charge in [0.1, 0.15) is 0 Å². The fourth-order valence-corrected chi connectivity index (χ4v) is 3.90. The Morgan fingerprint density at radius 3 is 2.75 bits per heavy atom. The molecule has 4 nitrogen and oxygen atoms in total. The van der Waals surface area contributed by atoms with Crippen LogP contribution in [0.1, 0.15) is 12.5 Å². The van der Waals surface area contributed by atoms with Gasteiger partial charge >= 0.3 is 0 Å². The zero-order valence-electron chi connectivity index (χ0n) is 9.15. The van der Waals surface area contributed by atoms with E-state index in [2.05, 4.69) is 5.32 Å². The summed E-state index contributed by atoms with van der Waals surface area (Å²) in [6.07, 6.45) is 0. The number of sulfone groups is 1. The van der Waals surface area contributed by atoms with Gasteiger partial charge in [0.25, 0.3) is 0 Å². The zero-order valence-corrected chi connectivity index (χ0v) is 9.97. The highest BCUT2D eigenvalue weighted by molar-refractivity contribution is 7.91. The summed E-state index contributed by atoms with van der Waals surface area (Å²) >= 11 is 0. The van der Waals surface area contributed by atoms with Crippen LogP contribution in [0.15, 0.2) is 23.1 Å². The highest BCUT2D eigenvalue weighted by Crippen LogP contribution is 2.30. The summed E-state index contributed by atoms with van der Waals surface area (Å²) in [5, 5.41) is 2.65. The van der Waals surface area contributed by atoms with E-state index in [-0.39, 0.29) is 16.6 Å². The summed E-state index contributed by atoms with van der Waals surface area (Å²) in [6, 6.07) is 5.09. The smallest absolute Gasteiger partial charge is 0.228 e. The van der Waals surface area contributed by atoms with Gasteiger partial charge in [0.2, 0.25) is 5.91 Å². The third-order valence-electron chi connectivity index (χ3n) is 2.70. The summed E-state index contributed by atoms with van der Waals surface area (Å²) in [5.41, 5.74) is 1.07. The van der Waals surface area contributed by atoms with Crippen molar-refractivity contribution in [3.8, 4) is 0 Å². The van der Waals surface area contributed by atoms with Crippen LogP contribution in [0, 0.1) is 12.8 Å². The number of aryl methyl sites for hydroxylation is 1. The first-order chi connectivity index (χ1) is 7.42. The Morgan fingerprint density at radius 1 is 1.38 bits per heavy atom. The van der Waals surface area contributed by atoms with Gasteiger partial charge in [0, 0.05) is 5.92 Å². The lowest BCUT2D eigenvalue weighted by atomic mass is 10.2. The lowest BCUT2D eigenvalue weighted by molar-refractivity contribution is -0.118. The van der Waals surface area contributed by atoms with Crippen LogP contribution in [0.5, 0.6) is 0 Å². The molecular formula is C11H13NO3S. The molecule has 1 aliphatic heterocycles. The molecule has 1 aliphatic rings. The van der Waals surface area contributed by atoms with Crippen LogP contribution < -0.4 is 5.32 Å². The number of nitrogens with one attached hydrogen (secondary N) is 1. The molecule has 1 unspecified atom stereocenters. The van der Waals surface area contributed by atoms with E-state index in [1.165, 1.54) is 0 Å². The van der Waals surface area contributed by atoms with Gasteiger partial charge in [-0.05, 0) is 18.6 Å². The predicted octanol–water partition coefficient (Wildman–Crippen LogP) is 1.36. The fraction of sp³-hybridized carbons (Fsp3) is 0.364. The van der Waals surface area contributed by atoms with Crippen molar-refractivity contribution in [2.75, 3.05) is 11.1 Å². The second kappa shape index (κ2) is 3.59. The highest BCUT2D eigenvalue weighted by atomic mass is 32.2. The molecule has 1 aromatic carbocycles. The van der Waals surface area contributed by atoms with Gasteiger partial charge in [-0.3, -0.25) is 4.79 Å². The maximum Gasteiger partial charge on any atom is 0.228 e. The van der Waals surface area contributed by atoms with Gasteiger partial charge in [-0.15, -0.1) is 0 Å². The van der Waals surface area contributed by atoms with E-state index in [9.17, 15) is 13.2 Å². The number of hydrogen-bond acceptors (Lipinski definition) is 3. The van der Waals surface area contributed by atoms with Crippen molar-refractivity contribution < 1.29 is 13.2 Å². The maximum absolute atomic E-state index is 12.1. The third-order valence-corrected chi connectivity index (χ3v) is 4.80. The van der Waals surface area contributed by atoms with E-state index in [0.29, 0.717) is 11.3 Å². The van der Waals surface area contributed by atoms with Crippen molar-refractivity contribution in [3.63, 3.8) is 0 Å². The molecule has 0 aromatic heterocycles. The molecule has 86 valence electrons. The van der Waals surface area contributed by atoms with Gasteiger partial charge < -0.3 is 5.32 Å². The van der Waals surface area contributed by atoms with E-state index in [1.54, 1.807) is 32.0 Å². The molecule has 0 saturated heterocycles. The first-order valence-corrected chi connectivity index (χ1v) is 6.70. The minimum atomic E-state index is -3.37. The highest BCUT2D eigenvalue weighted by Gasteiger charge is 2.31. The molecule has 0 bridgehead atoms. The Morgan fingerprint density at radius 2 is 2.06 bits per heavy atom. The quantitative estimate of drug-likeness (QED) is 0.743. The van der Waals surface area contributed by atoms with Gasteiger partial charge in [-0.25, -0.2) is 8.42 Å². The molecule has 1 aromatic rings. The van der Waals surface area contributed by atoms with Crippen LogP contribution >= 0.6 is 0 Å². The van der Waals surface area contributed by atoms with E-state index in [0.717, 1.165) is 0 Å². The Labute approximate surface area is 94.6 Å². The van der Waals surface area contributed by atoms with Crippen LogP contribution in [0.3, 0.4) is 0 Å². The number of carbonyl (C=O) groups is 1. The minimum Gasteiger partial charge on any atom is -0.325 e. The molecule has 1 heterocycles. The van der Waals surface area contributed by atoms with Gasteiger partial charge in [0.05, 0.1) is 16.3 Å². The van der Waals surface area contributed by atoms with Crippen molar-refractivity contribution in [2.24, 2.45) is 5.92 Å². The van der Waals surface area contributed by atoms with Crippen LogP contribution in [0.2, 0.25) is 0 Å². The minimum absolute atomic E-state index is 0.128. The lowest BCUT2D eigenvalue weighted by Gasteiger charge is -2.08. The number of carbonyl (C=O) groups excluding carboxylic acids is 1. The van der Waals surface area contributed by atoms with Crippen LogP contribution in [-0.4, -0.2) is 20.1 Å². The number of anilines is 1. The lowest BCUT2D eigenvalue weighted by Crippen LogP contribution is -2.22. The second-order valence-electron chi connectivity index (χ2n) is 4.12. The molecule has 1 amide bonds. The first kappa shape index (κ1) is 11.1. The summed E-state index contributed by atoms with van der Waals surface area (Å²) in [4.78, 5) is 11.9. The number of benzene rings is 1. The number of hydrogen-bond donors (Lipinski definition) is 1. The molecule has 1 atom stereocenters. The summed E-state index contributed by atoms with van der Waals surface area (Å²) in [6.45, 7) is 3.35. The normalized spacial score (nSPS) is 23.1. The number of fused-ring (bicyclic) bond motifs is 1. The first-order valence-electron chi connectivity index (χ1n) is 5.05. The topological polar surface area (TPSA) is 63.2 Å². The van der Waals surface area contributed by atoms with E-state index in [1.807, 2.05) is 0 Å². The monoisotopic (exact) mass is 239 g/mol. The van der Waals surface area contributed by atoms with E-state index >= 15 is 0 Å². The molecule has 0 aliphatic carbocycles. The van der Waals surface area contributed by atoms with Crippen molar-refractivity contribution in [1.29, 1.82) is 0 Å². The van der Waals surface area contributed by atoms with Crippen molar-refractivity contribution in [3.05, 3.63) is 23.8 Å². The SMILES string of the molecule is Cc1cccc2c1S(=O)(=O)CC(C)C(=O)N2. The maximum atomic E-state index is 12.1. The van der Waals surface area contributed by atoms with Crippen molar-refractivity contribution >= 4 is 21.4 Å². The summed E-state index contributed by atoms with van der Waals surface area (Å²) in [7, 11) is -3.37. The Kier molecular flexibility index (Phi) is 2.50. The number of amides is 1. The molecule has 2 rings (SSSR count). The molecular weight excluding hydrogens is 226 g/mol. The largest absolute Gasteiger partial charge is 0.325 e. The molecule has 0 radical (unpaired) electrons. The fourth-order valence-electron chi connectivity index (χ4n) is 1.91. The molecule has 16 heavy (non-hydrogen) atoms. The predicted molar refractivity (Wildman–Crippen MR) is 61.0 cm³/mol. The van der Waals surface area contributed by atoms with Crippen LogP contribution in [0.25, 0.3) is 0 Å². The van der Waals surface area contributed by atoms with E-state index < -0.39 is 15.8 Å². The van der Waals surface area contributed by atoms with E-state index in [4.69, 9.17) is 0 Å². The average molecular weight is 239 g/mol. The molecule has 5 heteroatoms. The molecule has 1 N–H and O–H groups in total. The third kappa shape index (κ3) is 1.71. The molecule has 0 spiro atoms. The Bertz CT molecular complexity index is 548. The second-order valence-corrected chi connectivity index (χ2v) is 6.09. The zero-order chi connectivity index (χ0) is 11.9. The molecule has 0 fully saturated rings. The summed E-state index contributed by atoms with van der Waals surface area (Å²) < 4.78 is 24.2. The van der Waals surface area contributed by atoms with Crippen molar-refractivity contribution in [2.45, 2.75) is 18.7 Å². The van der Waals surface area contributed by atoms with Crippen molar-refractivity contribution in [1.82, 2.24) is 0 Å². The molecule has 0 saturated carbocycles.